The average molecular weight is 455 g/mol. The summed E-state index contributed by atoms with van der Waals surface area (Å²) in [5.41, 5.74) is 2.22. The number of imidazole rings is 1. The predicted octanol–water partition coefficient (Wildman–Crippen LogP) is 6.11. The highest BCUT2D eigenvalue weighted by Crippen LogP contribution is 2.29. The van der Waals surface area contributed by atoms with Crippen LogP contribution in [0.4, 0.5) is 4.79 Å². The van der Waals surface area contributed by atoms with Crippen molar-refractivity contribution >= 4 is 11.9 Å². The van der Waals surface area contributed by atoms with Gasteiger partial charge in [-0.1, -0.05) is 44.2 Å². The number of aryl methyl sites for hydroxylation is 1. The summed E-state index contributed by atoms with van der Waals surface area (Å²) in [6.07, 6.45) is 3.44. The van der Waals surface area contributed by atoms with Crippen LogP contribution in [-0.4, -0.2) is 49.3 Å². The van der Waals surface area contributed by atoms with Gasteiger partial charge in [-0.15, -0.1) is 0 Å². The van der Waals surface area contributed by atoms with E-state index in [1.54, 1.807) is 11.1 Å². The molecule has 0 radical (unpaired) electrons. The van der Waals surface area contributed by atoms with Crippen molar-refractivity contribution in [2.24, 2.45) is 0 Å². The van der Waals surface area contributed by atoms with E-state index < -0.39 is 11.3 Å². The van der Waals surface area contributed by atoms with Crippen molar-refractivity contribution < 1.29 is 14.3 Å². The lowest BCUT2D eigenvalue weighted by atomic mass is 10.1. The molecule has 1 aliphatic rings. The van der Waals surface area contributed by atoms with Gasteiger partial charge in [0.25, 0.3) is 0 Å². The van der Waals surface area contributed by atoms with Gasteiger partial charge in [0.15, 0.2) is 0 Å². The number of ether oxygens (including phenoxy) is 2. The van der Waals surface area contributed by atoms with Gasteiger partial charge in [0.2, 0.25) is 5.78 Å². The van der Waals surface area contributed by atoms with Gasteiger partial charge in [0.05, 0.1) is 18.3 Å². The van der Waals surface area contributed by atoms with Crippen molar-refractivity contribution in [2.45, 2.75) is 79.7 Å². The third-order valence-corrected chi connectivity index (χ3v) is 4.98. The Labute approximate surface area is 197 Å². The van der Waals surface area contributed by atoms with Crippen molar-refractivity contribution in [2.75, 3.05) is 6.61 Å². The molecule has 1 atom stereocenters. The second-order valence-corrected chi connectivity index (χ2v) is 9.16. The van der Waals surface area contributed by atoms with E-state index in [0.29, 0.717) is 6.61 Å². The molecule has 3 heterocycles. The van der Waals surface area contributed by atoms with Crippen molar-refractivity contribution in [1.82, 2.24) is 19.3 Å². The smallest absolute Gasteiger partial charge is 0.412 e. The summed E-state index contributed by atoms with van der Waals surface area (Å²) in [4.78, 5) is 22.3. The quantitative estimate of drug-likeness (QED) is 0.444. The SMILES string of the molecule is CC.CC1COC(C)(C)N1C(=O)OC(C)(C)C.Cc1c(-c2ccccc2)nc2ncccn12. The van der Waals surface area contributed by atoms with Gasteiger partial charge in [-0.3, -0.25) is 9.30 Å². The Morgan fingerprint density at radius 2 is 1.79 bits per heavy atom. The lowest BCUT2D eigenvalue weighted by Gasteiger charge is -2.34. The Morgan fingerprint density at radius 1 is 1.15 bits per heavy atom. The zero-order valence-corrected chi connectivity index (χ0v) is 21.4. The molecule has 2 aromatic heterocycles. The molecule has 0 saturated carbocycles. The Bertz CT molecular complexity index is 1040. The third-order valence-electron chi connectivity index (χ3n) is 4.98. The number of fused-ring (bicyclic) bond motifs is 1. The zero-order valence-electron chi connectivity index (χ0n) is 21.4. The number of amides is 1. The normalized spacial score (nSPS) is 17.0. The monoisotopic (exact) mass is 454 g/mol. The molecule has 0 bridgehead atoms. The van der Waals surface area contributed by atoms with E-state index in [4.69, 9.17) is 9.47 Å². The van der Waals surface area contributed by atoms with Gasteiger partial charge in [-0.2, -0.15) is 0 Å². The molecular formula is C26H38N4O3. The molecule has 0 aliphatic carbocycles. The molecule has 1 saturated heterocycles. The molecule has 33 heavy (non-hydrogen) atoms. The minimum atomic E-state index is -0.568. The number of rotatable bonds is 1. The Hall–Kier alpha value is -2.93. The van der Waals surface area contributed by atoms with Crippen molar-refractivity contribution in [3.63, 3.8) is 0 Å². The van der Waals surface area contributed by atoms with Crippen LogP contribution in [0.3, 0.4) is 0 Å². The van der Waals surface area contributed by atoms with Gasteiger partial charge in [-0.05, 0) is 54.5 Å². The minimum absolute atomic E-state index is 0.0647. The highest BCUT2D eigenvalue weighted by Gasteiger charge is 2.43. The second kappa shape index (κ2) is 10.8. The van der Waals surface area contributed by atoms with Crippen molar-refractivity contribution in [1.29, 1.82) is 0 Å². The van der Waals surface area contributed by atoms with Crippen LogP contribution in [-0.2, 0) is 9.47 Å². The fraction of sp³-hybridized carbons (Fsp3) is 0.500. The summed E-state index contributed by atoms with van der Waals surface area (Å²) in [6, 6.07) is 12.2. The van der Waals surface area contributed by atoms with E-state index >= 15 is 0 Å². The highest BCUT2D eigenvalue weighted by molar-refractivity contribution is 5.69. The summed E-state index contributed by atoms with van der Waals surface area (Å²) in [5.74, 6) is 0.749. The molecule has 7 nitrogen and oxygen atoms in total. The first-order chi connectivity index (χ1) is 15.5. The van der Waals surface area contributed by atoms with Gasteiger partial charge in [0, 0.05) is 23.7 Å². The first-order valence-electron chi connectivity index (χ1n) is 11.5. The zero-order chi connectivity index (χ0) is 24.8. The molecule has 7 heteroatoms. The van der Waals surface area contributed by atoms with E-state index in [9.17, 15) is 4.79 Å². The van der Waals surface area contributed by atoms with Crippen LogP contribution < -0.4 is 0 Å². The number of carbonyl (C=O) groups excluding carboxylic acids is 1. The molecule has 0 spiro atoms. The standard InChI is InChI=1S/C13H11N3.C11H21NO3.C2H6/c1-10-12(11-6-3-2-4-7-11)15-13-14-8-5-9-16(10)13;1-8-7-14-11(5,6)12(8)9(13)15-10(2,3)4;1-2/h2-9H,1H3;8H,7H2,1-6H3;1-2H3. The Morgan fingerprint density at radius 3 is 2.30 bits per heavy atom. The molecule has 1 aromatic carbocycles. The largest absolute Gasteiger partial charge is 0.444 e. The van der Waals surface area contributed by atoms with Crippen LogP contribution in [0.1, 0.15) is 61.1 Å². The maximum absolute atomic E-state index is 11.9. The molecule has 1 amide bonds. The molecule has 1 aliphatic heterocycles. The van der Waals surface area contributed by atoms with E-state index in [1.165, 1.54) is 0 Å². The third kappa shape index (κ3) is 6.54. The summed E-state index contributed by atoms with van der Waals surface area (Å²) in [5, 5.41) is 0. The maximum atomic E-state index is 11.9. The second-order valence-electron chi connectivity index (χ2n) is 9.16. The van der Waals surface area contributed by atoms with Gasteiger partial charge in [0.1, 0.15) is 11.3 Å². The topological polar surface area (TPSA) is 69.0 Å². The van der Waals surface area contributed by atoms with Crippen LogP contribution in [0.2, 0.25) is 0 Å². The van der Waals surface area contributed by atoms with Crippen LogP contribution in [0.15, 0.2) is 48.8 Å². The van der Waals surface area contributed by atoms with Crippen LogP contribution in [0.5, 0.6) is 0 Å². The van der Waals surface area contributed by atoms with Crippen molar-refractivity contribution in [3.05, 3.63) is 54.5 Å². The van der Waals surface area contributed by atoms with E-state index in [1.807, 2.05) is 90.3 Å². The first kappa shape index (κ1) is 26.3. The minimum Gasteiger partial charge on any atom is -0.444 e. The summed E-state index contributed by atoms with van der Waals surface area (Å²) < 4.78 is 12.9. The van der Waals surface area contributed by atoms with Crippen LogP contribution in [0, 0.1) is 6.92 Å². The fourth-order valence-corrected chi connectivity index (χ4v) is 3.58. The van der Waals surface area contributed by atoms with Crippen LogP contribution in [0.25, 0.3) is 17.0 Å². The number of nitrogens with zero attached hydrogens (tertiary/aromatic N) is 4. The van der Waals surface area contributed by atoms with Gasteiger partial charge >= 0.3 is 6.09 Å². The summed E-state index contributed by atoms with van der Waals surface area (Å²) >= 11 is 0. The fourth-order valence-electron chi connectivity index (χ4n) is 3.58. The van der Waals surface area contributed by atoms with Crippen LogP contribution >= 0.6 is 0 Å². The average Bonchev–Trinajstić information content (AvgIpc) is 3.25. The highest BCUT2D eigenvalue weighted by atomic mass is 16.6. The molecule has 1 fully saturated rings. The van der Waals surface area contributed by atoms with E-state index in [-0.39, 0.29) is 12.1 Å². The summed E-state index contributed by atoms with van der Waals surface area (Å²) in [6.45, 7) is 17.9. The lowest BCUT2D eigenvalue weighted by Crippen LogP contribution is -2.48. The number of aromatic nitrogens is 3. The Kier molecular flexibility index (Phi) is 8.61. The lowest BCUT2D eigenvalue weighted by molar-refractivity contribution is -0.0618. The number of benzene rings is 1. The first-order valence-corrected chi connectivity index (χ1v) is 11.5. The molecule has 180 valence electrons. The number of hydrogen-bond donors (Lipinski definition) is 0. The van der Waals surface area contributed by atoms with E-state index in [2.05, 4.69) is 29.0 Å². The van der Waals surface area contributed by atoms with Gasteiger partial charge in [-0.25, -0.2) is 14.8 Å². The number of hydrogen-bond acceptors (Lipinski definition) is 5. The summed E-state index contributed by atoms with van der Waals surface area (Å²) in [7, 11) is 0. The molecule has 1 unspecified atom stereocenters. The Balaban J connectivity index is 0.000000218. The van der Waals surface area contributed by atoms with Gasteiger partial charge < -0.3 is 9.47 Å². The van der Waals surface area contributed by atoms with Crippen molar-refractivity contribution in [3.8, 4) is 11.3 Å². The number of carbonyl (C=O) groups is 1. The maximum Gasteiger partial charge on any atom is 0.412 e. The molecular weight excluding hydrogens is 416 g/mol. The molecule has 0 N–H and O–H groups in total. The van der Waals surface area contributed by atoms with E-state index in [0.717, 1.165) is 22.7 Å². The molecule has 4 rings (SSSR count). The molecule has 3 aromatic rings. The predicted molar refractivity (Wildman–Crippen MR) is 132 cm³/mol.